The summed E-state index contributed by atoms with van der Waals surface area (Å²) in [5.41, 5.74) is 0. The number of hydrogen-bond acceptors (Lipinski definition) is 3. The van der Waals surface area contributed by atoms with Gasteiger partial charge in [0.25, 0.3) is 0 Å². The Labute approximate surface area is 94.9 Å². The third kappa shape index (κ3) is 2.98. The number of aryl methyl sites for hydroxylation is 1. The number of rotatable bonds is 2. The predicted molar refractivity (Wildman–Crippen MR) is 61.9 cm³/mol. The molecule has 0 saturated heterocycles. The molecule has 1 aromatic heterocycles. The van der Waals surface area contributed by atoms with E-state index in [2.05, 4.69) is 5.10 Å². The van der Waals surface area contributed by atoms with Gasteiger partial charge in [0.05, 0.1) is 12.3 Å². The first-order chi connectivity index (χ1) is 7.25. The monoisotopic (exact) mass is 226 g/mol. The topological polar surface area (TPSA) is 38.0 Å². The first-order valence-electron chi connectivity index (χ1n) is 5.59. The smallest absolute Gasteiger partial charge is 0.0662 e. The van der Waals surface area contributed by atoms with E-state index in [0.29, 0.717) is 5.25 Å². The van der Waals surface area contributed by atoms with Crippen LogP contribution in [-0.4, -0.2) is 26.2 Å². The molecule has 1 N–H and O–H groups in total. The number of hydrogen-bond donors (Lipinski definition) is 1. The molecule has 0 spiro atoms. The quantitative estimate of drug-likeness (QED) is 0.786. The third-order valence-electron chi connectivity index (χ3n) is 2.89. The lowest BCUT2D eigenvalue weighted by atomic mass is 10.1. The zero-order valence-corrected chi connectivity index (χ0v) is 9.91. The van der Waals surface area contributed by atoms with Gasteiger partial charge in [0.1, 0.15) is 0 Å². The van der Waals surface area contributed by atoms with Crippen LogP contribution in [0.5, 0.6) is 0 Å². The molecule has 3 nitrogen and oxygen atoms in total. The predicted octanol–water partition coefficient (Wildman–Crippen LogP) is 2.21. The van der Waals surface area contributed by atoms with Crippen molar-refractivity contribution in [1.82, 2.24) is 9.78 Å². The molecule has 0 aromatic carbocycles. The molecule has 2 rings (SSSR count). The summed E-state index contributed by atoms with van der Waals surface area (Å²) in [4.78, 5) is 1.17. The molecule has 1 heterocycles. The van der Waals surface area contributed by atoms with Gasteiger partial charge in [-0.05, 0) is 12.8 Å². The van der Waals surface area contributed by atoms with Crippen LogP contribution in [0.25, 0.3) is 0 Å². The first kappa shape index (κ1) is 11.0. The van der Waals surface area contributed by atoms with E-state index in [9.17, 15) is 5.11 Å². The van der Waals surface area contributed by atoms with Crippen molar-refractivity contribution in [2.45, 2.75) is 48.4 Å². The summed E-state index contributed by atoms with van der Waals surface area (Å²) in [6.45, 7) is 0. The van der Waals surface area contributed by atoms with Crippen molar-refractivity contribution >= 4 is 11.8 Å². The maximum Gasteiger partial charge on any atom is 0.0662 e. The van der Waals surface area contributed by atoms with Gasteiger partial charge < -0.3 is 5.11 Å². The standard InChI is InChI=1S/C11H18N2OS/c1-13-8-9(7-12-13)15-11-6-4-2-3-5-10(11)14/h7-8,10-11,14H,2-6H2,1H3. The molecule has 84 valence electrons. The molecule has 15 heavy (non-hydrogen) atoms. The van der Waals surface area contributed by atoms with Crippen LogP contribution < -0.4 is 0 Å². The molecule has 2 atom stereocenters. The zero-order valence-electron chi connectivity index (χ0n) is 9.09. The Bertz CT molecular complexity index is 313. The van der Waals surface area contributed by atoms with Gasteiger partial charge in [-0.15, -0.1) is 11.8 Å². The van der Waals surface area contributed by atoms with Crippen LogP contribution in [-0.2, 0) is 7.05 Å². The number of aromatic nitrogens is 2. The third-order valence-corrected chi connectivity index (χ3v) is 4.22. The fourth-order valence-electron chi connectivity index (χ4n) is 2.03. The molecule has 1 aromatic rings. The molecule has 1 aliphatic rings. The second-order valence-corrected chi connectivity index (χ2v) is 5.52. The molecule has 0 bridgehead atoms. The van der Waals surface area contributed by atoms with Crippen LogP contribution >= 0.6 is 11.8 Å². The number of aliphatic hydroxyl groups is 1. The molecule has 1 aliphatic carbocycles. The summed E-state index contributed by atoms with van der Waals surface area (Å²) in [5.74, 6) is 0. The van der Waals surface area contributed by atoms with E-state index >= 15 is 0 Å². The Hall–Kier alpha value is -0.480. The summed E-state index contributed by atoms with van der Waals surface area (Å²) in [6.07, 6.45) is 9.52. The van der Waals surface area contributed by atoms with Gasteiger partial charge in [-0.3, -0.25) is 4.68 Å². The van der Waals surface area contributed by atoms with E-state index in [1.807, 2.05) is 24.1 Å². The molecule has 4 heteroatoms. The van der Waals surface area contributed by atoms with E-state index in [1.165, 1.54) is 24.2 Å². The van der Waals surface area contributed by atoms with Gasteiger partial charge in [-0.1, -0.05) is 19.3 Å². The molecule has 0 amide bonds. The fraction of sp³-hybridized carbons (Fsp3) is 0.727. The lowest BCUT2D eigenvalue weighted by molar-refractivity contribution is 0.163. The fourth-order valence-corrected chi connectivity index (χ4v) is 3.27. The number of thioether (sulfide) groups is 1. The van der Waals surface area contributed by atoms with Crippen LogP contribution in [0.1, 0.15) is 32.1 Å². The first-order valence-corrected chi connectivity index (χ1v) is 6.47. The van der Waals surface area contributed by atoms with Crippen LogP contribution in [0.15, 0.2) is 17.3 Å². The van der Waals surface area contributed by atoms with Crippen molar-refractivity contribution in [2.24, 2.45) is 7.05 Å². The average Bonchev–Trinajstić information content (AvgIpc) is 2.50. The van der Waals surface area contributed by atoms with Crippen LogP contribution in [0.2, 0.25) is 0 Å². The molecule has 0 radical (unpaired) electrons. The largest absolute Gasteiger partial charge is 0.392 e. The van der Waals surface area contributed by atoms with Crippen molar-refractivity contribution in [1.29, 1.82) is 0 Å². The lowest BCUT2D eigenvalue weighted by Crippen LogP contribution is -2.20. The molecule has 1 fully saturated rings. The molecular weight excluding hydrogens is 208 g/mol. The maximum atomic E-state index is 9.97. The van der Waals surface area contributed by atoms with Gasteiger partial charge in [0.2, 0.25) is 0 Å². The molecular formula is C11H18N2OS. The Kier molecular flexibility index (Phi) is 3.70. The van der Waals surface area contributed by atoms with Gasteiger partial charge in [-0.25, -0.2) is 0 Å². The van der Waals surface area contributed by atoms with E-state index in [-0.39, 0.29) is 6.10 Å². The SMILES string of the molecule is Cn1cc(SC2CCCCCC2O)cn1. The van der Waals surface area contributed by atoms with Crippen molar-refractivity contribution in [3.63, 3.8) is 0 Å². The highest BCUT2D eigenvalue weighted by Crippen LogP contribution is 2.32. The Morgan fingerprint density at radius 2 is 2.20 bits per heavy atom. The summed E-state index contributed by atoms with van der Waals surface area (Å²) < 4.78 is 1.81. The molecule has 2 unspecified atom stereocenters. The van der Waals surface area contributed by atoms with Crippen LogP contribution in [0.3, 0.4) is 0 Å². The van der Waals surface area contributed by atoms with E-state index in [4.69, 9.17) is 0 Å². The van der Waals surface area contributed by atoms with Crippen molar-refractivity contribution in [2.75, 3.05) is 0 Å². The van der Waals surface area contributed by atoms with Gasteiger partial charge in [0.15, 0.2) is 0 Å². The van der Waals surface area contributed by atoms with Gasteiger partial charge >= 0.3 is 0 Å². The Balaban J connectivity index is 1.97. The molecule has 0 aliphatic heterocycles. The van der Waals surface area contributed by atoms with Crippen molar-refractivity contribution in [3.05, 3.63) is 12.4 Å². The van der Waals surface area contributed by atoms with Crippen LogP contribution in [0, 0.1) is 0 Å². The highest BCUT2D eigenvalue weighted by Gasteiger charge is 2.22. The van der Waals surface area contributed by atoms with Crippen molar-refractivity contribution < 1.29 is 5.11 Å². The lowest BCUT2D eigenvalue weighted by Gasteiger charge is -2.18. The highest BCUT2D eigenvalue weighted by atomic mass is 32.2. The Morgan fingerprint density at radius 1 is 1.40 bits per heavy atom. The van der Waals surface area contributed by atoms with E-state index < -0.39 is 0 Å². The van der Waals surface area contributed by atoms with Gasteiger partial charge in [-0.2, -0.15) is 5.10 Å². The summed E-state index contributed by atoms with van der Waals surface area (Å²) in [5, 5.41) is 14.5. The summed E-state index contributed by atoms with van der Waals surface area (Å²) in [6, 6.07) is 0. The Morgan fingerprint density at radius 3 is 2.93 bits per heavy atom. The maximum absolute atomic E-state index is 9.97. The minimum absolute atomic E-state index is 0.141. The zero-order chi connectivity index (χ0) is 10.7. The normalized spacial score (nSPS) is 27.6. The highest BCUT2D eigenvalue weighted by molar-refractivity contribution is 8.00. The summed E-state index contributed by atoms with van der Waals surface area (Å²) in [7, 11) is 1.92. The van der Waals surface area contributed by atoms with Crippen LogP contribution in [0.4, 0.5) is 0 Å². The average molecular weight is 226 g/mol. The van der Waals surface area contributed by atoms with Gasteiger partial charge in [0, 0.05) is 23.4 Å². The second-order valence-electron chi connectivity index (χ2n) is 4.21. The molecule has 1 saturated carbocycles. The summed E-state index contributed by atoms with van der Waals surface area (Å²) >= 11 is 1.77. The minimum Gasteiger partial charge on any atom is -0.392 e. The minimum atomic E-state index is -0.141. The number of aliphatic hydroxyl groups excluding tert-OH is 1. The van der Waals surface area contributed by atoms with E-state index in [0.717, 1.165) is 12.8 Å². The number of nitrogens with zero attached hydrogens (tertiary/aromatic N) is 2. The van der Waals surface area contributed by atoms with E-state index in [1.54, 1.807) is 11.8 Å². The second kappa shape index (κ2) is 5.03. The van der Waals surface area contributed by atoms with Crippen molar-refractivity contribution in [3.8, 4) is 0 Å².